The van der Waals surface area contributed by atoms with Gasteiger partial charge < -0.3 is 10.6 Å². The second-order valence-corrected chi connectivity index (χ2v) is 6.49. The third-order valence-corrected chi connectivity index (χ3v) is 4.34. The largest absolute Gasteiger partial charge is 0.365 e. The van der Waals surface area contributed by atoms with Crippen LogP contribution in [0.3, 0.4) is 0 Å². The normalized spacial score (nSPS) is 10.4. The summed E-state index contributed by atoms with van der Waals surface area (Å²) in [4.78, 5) is 20.7. The minimum atomic E-state index is -0.333. The molecule has 132 valence electrons. The van der Waals surface area contributed by atoms with Gasteiger partial charge in [0.15, 0.2) is 0 Å². The highest BCUT2D eigenvalue weighted by atomic mass is 35.5. The third kappa shape index (κ3) is 4.50. The van der Waals surface area contributed by atoms with Crippen molar-refractivity contribution >= 4 is 40.6 Å². The molecular weight excluding hydrogens is 371 g/mol. The lowest BCUT2D eigenvalue weighted by atomic mass is 10.2. The third-order valence-electron chi connectivity index (χ3n) is 3.74. The van der Waals surface area contributed by atoms with Crippen molar-refractivity contribution in [2.24, 2.45) is 0 Å². The van der Waals surface area contributed by atoms with Gasteiger partial charge >= 0.3 is 0 Å². The zero-order valence-electron chi connectivity index (χ0n) is 14.0. The highest BCUT2D eigenvalue weighted by molar-refractivity contribution is 6.31. The van der Waals surface area contributed by atoms with Gasteiger partial charge in [-0.05, 0) is 42.3 Å². The second-order valence-electron chi connectivity index (χ2n) is 5.65. The van der Waals surface area contributed by atoms with Crippen LogP contribution in [0.2, 0.25) is 10.0 Å². The average Bonchev–Trinajstić information content (AvgIpc) is 2.64. The number of amides is 1. The molecule has 1 aromatic heterocycles. The molecule has 0 saturated carbocycles. The standard InChI is InChI=1S/C19H16Cl2N4O/c1-12-8-14(20)6-7-16(12)25-19(26)17-10-24-18(11-22-17)23-9-13-4-2-3-5-15(13)21/h2-8,10-11H,9H2,1H3,(H,23,24)(H,25,26). The van der Waals surface area contributed by atoms with Crippen LogP contribution in [0.1, 0.15) is 21.6 Å². The number of carbonyl (C=O) groups excluding carboxylic acids is 1. The van der Waals surface area contributed by atoms with Crippen molar-refractivity contribution in [3.63, 3.8) is 0 Å². The van der Waals surface area contributed by atoms with Crippen LogP contribution >= 0.6 is 23.2 Å². The first-order valence-corrected chi connectivity index (χ1v) is 8.65. The van der Waals surface area contributed by atoms with Crippen LogP contribution in [0.25, 0.3) is 0 Å². The summed E-state index contributed by atoms with van der Waals surface area (Å²) in [6.45, 7) is 2.39. The smallest absolute Gasteiger partial charge is 0.275 e. The molecule has 2 N–H and O–H groups in total. The molecule has 0 spiro atoms. The topological polar surface area (TPSA) is 66.9 Å². The molecule has 0 saturated heterocycles. The van der Waals surface area contributed by atoms with Gasteiger partial charge in [-0.15, -0.1) is 0 Å². The van der Waals surface area contributed by atoms with E-state index < -0.39 is 0 Å². The van der Waals surface area contributed by atoms with Crippen molar-refractivity contribution in [2.45, 2.75) is 13.5 Å². The Morgan fingerprint density at radius 1 is 1.08 bits per heavy atom. The van der Waals surface area contributed by atoms with E-state index >= 15 is 0 Å². The Bertz CT molecular complexity index is 929. The van der Waals surface area contributed by atoms with Gasteiger partial charge in [0.1, 0.15) is 11.5 Å². The summed E-state index contributed by atoms with van der Waals surface area (Å²) in [6.07, 6.45) is 2.94. The first kappa shape index (κ1) is 18.2. The van der Waals surface area contributed by atoms with E-state index in [1.807, 2.05) is 31.2 Å². The monoisotopic (exact) mass is 386 g/mol. The van der Waals surface area contributed by atoms with Gasteiger partial charge in [0.25, 0.3) is 5.91 Å². The lowest BCUT2D eigenvalue weighted by Crippen LogP contribution is -2.15. The predicted molar refractivity (Wildman–Crippen MR) is 105 cm³/mol. The van der Waals surface area contributed by atoms with Gasteiger partial charge in [-0.3, -0.25) is 4.79 Å². The molecule has 0 aliphatic carbocycles. The fraction of sp³-hybridized carbons (Fsp3) is 0.105. The Hall–Kier alpha value is -2.63. The summed E-state index contributed by atoms with van der Waals surface area (Å²) in [6, 6.07) is 12.8. The molecular formula is C19H16Cl2N4O. The molecule has 5 nitrogen and oxygen atoms in total. The highest BCUT2D eigenvalue weighted by Gasteiger charge is 2.10. The van der Waals surface area contributed by atoms with E-state index in [4.69, 9.17) is 23.2 Å². The number of halogens is 2. The molecule has 0 fully saturated rings. The van der Waals surface area contributed by atoms with Crippen molar-refractivity contribution in [1.29, 1.82) is 0 Å². The van der Waals surface area contributed by atoms with E-state index in [1.165, 1.54) is 12.4 Å². The molecule has 0 aliphatic heterocycles. The van der Waals surface area contributed by atoms with E-state index in [0.717, 1.165) is 11.1 Å². The number of nitrogens with zero attached hydrogens (tertiary/aromatic N) is 2. The molecule has 0 radical (unpaired) electrons. The fourth-order valence-electron chi connectivity index (χ4n) is 2.32. The number of hydrogen-bond donors (Lipinski definition) is 2. The van der Waals surface area contributed by atoms with Crippen LogP contribution < -0.4 is 10.6 Å². The predicted octanol–water partition coefficient (Wildman–Crippen LogP) is 4.96. The summed E-state index contributed by atoms with van der Waals surface area (Å²) >= 11 is 12.0. The zero-order chi connectivity index (χ0) is 18.5. The summed E-state index contributed by atoms with van der Waals surface area (Å²) in [5, 5.41) is 7.23. The van der Waals surface area contributed by atoms with E-state index in [-0.39, 0.29) is 11.6 Å². The van der Waals surface area contributed by atoms with Gasteiger partial charge in [-0.1, -0.05) is 41.4 Å². The number of nitrogens with one attached hydrogen (secondary N) is 2. The molecule has 0 aliphatic rings. The van der Waals surface area contributed by atoms with Crippen LogP contribution in [-0.4, -0.2) is 15.9 Å². The first-order chi connectivity index (χ1) is 12.5. The molecule has 3 aromatic rings. The molecule has 2 aromatic carbocycles. The SMILES string of the molecule is Cc1cc(Cl)ccc1NC(=O)c1cnc(NCc2ccccc2Cl)cn1. The second kappa shape index (κ2) is 8.17. The number of anilines is 2. The minimum absolute atomic E-state index is 0.225. The van der Waals surface area contributed by atoms with Crippen LogP contribution in [0, 0.1) is 6.92 Å². The molecule has 1 amide bonds. The average molecular weight is 387 g/mol. The Morgan fingerprint density at radius 3 is 2.58 bits per heavy atom. The van der Waals surface area contributed by atoms with E-state index in [9.17, 15) is 4.79 Å². The minimum Gasteiger partial charge on any atom is -0.365 e. The summed E-state index contributed by atoms with van der Waals surface area (Å²) in [5.41, 5.74) is 2.73. The number of rotatable bonds is 5. The van der Waals surface area contributed by atoms with Gasteiger partial charge in [0.05, 0.1) is 12.4 Å². The molecule has 0 bridgehead atoms. The molecule has 0 atom stereocenters. The maximum atomic E-state index is 12.3. The van der Waals surface area contributed by atoms with Crippen molar-refractivity contribution in [1.82, 2.24) is 9.97 Å². The van der Waals surface area contributed by atoms with Gasteiger partial charge in [0, 0.05) is 22.3 Å². The number of aryl methyl sites for hydroxylation is 1. The summed E-state index contributed by atoms with van der Waals surface area (Å²) in [7, 11) is 0. The number of benzene rings is 2. The van der Waals surface area contributed by atoms with Crippen molar-refractivity contribution in [3.05, 3.63) is 81.7 Å². The van der Waals surface area contributed by atoms with E-state index in [0.29, 0.717) is 28.1 Å². The van der Waals surface area contributed by atoms with Gasteiger partial charge in [-0.2, -0.15) is 0 Å². The Morgan fingerprint density at radius 2 is 1.88 bits per heavy atom. The Kier molecular flexibility index (Phi) is 5.71. The van der Waals surface area contributed by atoms with Gasteiger partial charge in [-0.25, -0.2) is 9.97 Å². The summed E-state index contributed by atoms with van der Waals surface area (Å²) in [5.74, 6) is 0.227. The lowest BCUT2D eigenvalue weighted by Gasteiger charge is -2.09. The van der Waals surface area contributed by atoms with E-state index in [1.54, 1.807) is 18.2 Å². The Balaban J connectivity index is 1.63. The van der Waals surface area contributed by atoms with Crippen molar-refractivity contribution in [3.8, 4) is 0 Å². The molecule has 1 heterocycles. The lowest BCUT2D eigenvalue weighted by molar-refractivity contribution is 0.102. The molecule has 26 heavy (non-hydrogen) atoms. The van der Waals surface area contributed by atoms with Crippen LogP contribution in [0.4, 0.5) is 11.5 Å². The van der Waals surface area contributed by atoms with Crippen molar-refractivity contribution < 1.29 is 4.79 Å². The fourth-order valence-corrected chi connectivity index (χ4v) is 2.75. The summed E-state index contributed by atoms with van der Waals surface area (Å²) < 4.78 is 0. The zero-order valence-corrected chi connectivity index (χ0v) is 15.5. The molecule has 7 heteroatoms. The maximum Gasteiger partial charge on any atom is 0.275 e. The number of aromatic nitrogens is 2. The van der Waals surface area contributed by atoms with Crippen LogP contribution in [0.5, 0.6) is 0 Å². The van der Waals surface area contributed by atoms with Crippen LogP contribution in [-0.2, 0) is 6.54 Å². The van der Waals surface area contributed by atoms with Gasteiger partial charge in [0.2, 0.25) is 0 Å². The number of hydrogen-bond acceptors (Lipinski definition) is 4. The van der Waals surface area contributed by atoms with E-state index in [2.05, 4.69) is 20.6 Å². The quantitative estimate of drug-likeness (QED) is 0.650. The molecule has 3 rings (SSSR count). The first-order valence-electron chi connectivity index (χ1n) is 7.90. The van der Waals surface area contributed by atoms with Crippen molar-refractivity contribution in [2.75, 3.05) is 10.6 Å². The Labute approximate surface area is 161 Å². The highest BCUT2D eigenvalue weighted by Crippen LogP contribution is 2.20. The van der Waals surface area contributed by atoms with Crippen LogP contribution in [0.15, 0.2) is 54.9 Å². The molecule has 0 unspecified atom stereocenters. The maximum absolute atomic E-state index is 12.3. The number of carbonyl (C=O) groups is 1.